The van der Waals surface area contributed by atoms with Gasteiger partial charge in [-0.3, -0.25) is 0 Å². The van der Waals surface area contributed by atoms with E-state index in [1.165, 1.54) is 42.0 Å². The van der Waals surface area contributed by atoms with Gasteiger partial charge in [-0.25, -0.2) is 0 Å². The zero-order valence-corrected chi connectivity index (χ0v) is 19.6. The zero-order chi connectivity index (χ0) is 21.9. The number of thioether (sulfide) groups is 1. The van der Waals surface area contributed by atoms with Crippen molar-refractivity contribution in [3.05, 3.63) is 88.4 Å². The lowest BCUT2D eigenvalue weighted by atomic mass is 9.76. The number of phenols is 1. The maximum Gasteiger partial charge on any atom is 0.123 e. The van der Waals surface area contributed by atoms with Gasteiger partial charge in [0.05, 0.1) is 6.61 Å². The summed E-state index contributed by atoms with van der Waals surface area (Å²) >= 11 is 8.07. The molecule has 2 atom stereocenters. The highest BCUT2D eigenvalue weighted by molar-refractivity contribution is 7.99. The van der Waals surface area contributed by atoms with Crippen molar-refractivity contribution in [1.82, 2.24) is 4.90 Å². The van der Waals surface area contributed by atoms with Crippen LogP contribution in [0.5, 0.6) is 11.5 Å². The molecule has 1 saturated heterocycles. The molecule has 0 aromatic heterocycles. The molecule has 0 amide bonds. The Kier molecular flexibility index (Phi) is 6.63. The minimum absolute atomic E-state index is 0.107. The van der Waals surface area contributed by atoms with Crippen LogP contribution in [-0.4, -0.2) is 42.0 Å². The Balaban J connectivity index is 1.40. The van der Waals surface area contributed by atoms with E-state index in [2.05, 4.69) is 41.3 Å². The summed E-state index contributed by atoms with van der Waals surface area (Å²) in [4.78, 5) is 3.86. The second-order valence-electron chi connectivity index (χ2n) is 8.64. The summed E-state index contributed by atoms with van der Waals surface area (Å²) in [7, 11) is 0. The van der Waals surface area contributed by atoms with Gasteiger partial charge in [0.1, 0.15) is 11.5 Å². The summed E-state index contributed by atoms with van der Waals surface area (Å²) < 4.78 is 6.10. The van der Waals surface area contributed by atoms with Gasteiger partial charge in [-0.15, -0.1) is 11.8 Å². The largest absolute Gasteiger partial charge is 0.508 e. The molecular weight excluding hydrogens is 438 g/mol. The summed E-state index contributed by atoms with van der Waals surface area (Å²) in [6.07, 6.45) is 2.69. The van der Waals surface area contributed by atoms with Crippen LogP contribution in [0.2, 0.25) is 5.02 Å². The van der Waals surface area contributed by atoms with Gasteiger partial charge in [0, 0.05) is 39.6 Å². The summed E-state index contributed by atoms with van der Waals surface area (Å²) in [5, 5.41) is 10.9. The molecular formula is C27H28ClNO2S. The quantitative estimate of drug-likeness (QED) is 0.419. The molecule has 0 saturated carbocycles. The first-order chi connectivity index (χ1) is 15.7. The lowest BCUT2D eigenvalue weighted by Gasteiger charge is -2.34. The summed E-state index contributed by atoms with van der Waals surface area (Å²) in [5.74, 6) is 2.50. The standard InChI is InChI=1S/C27H28ClNO2S/c28-21-7-3-19(4-8-21)25-18-31-26-12-9-22(30)17-24(26)27(25)20-5-10-23(11-6-20)32-16-15-29-13-1-2-14-29/h3-12,17,25,27,30H,1-2,13-16,18H2/t25-,27-/m0/s1. The number of hydrogen-bond acceptors (Lipinski definition) is 4. The molecule has 0 aliphatic carbocycles. The fraction of sp³-hybridized carbons (Fsp3) is 0.333. The van der Waals surface area contributed by atoms with Crippen molar-refractivity contribution in [2.75, 3.05) is 32.0 Å². The number of nitrogens with zero attached hydrogens (tertiary/aromatic N) is 1. The van der Waals surface area contributed by atoms with Crippen molar-refractivity contribution in [2.24, 2.45) is 0 Å². The molecule has 1 N–H and O–H groups in total. The van der Waals surface area contributed by atoms with Gasteiger partial charge in [0.2, 0.25) is 0 Å². The molecule has 2 aliphatic heterocycles. The van der Waals surface area contributed by atoms with Gasteiger partial charge in [-0.05, 0) is 79.5 Å². The molecule has 3 aromatic rings. The van der Waals surface area contributed by atoms with Crippen LogP contribution in [0.15, 0.2) is 71.6 Å². The highest BCUT2D eigenvalue weighted by Crippen LogP contribution is 2.47. The average Bonchev–Trinajstić information content (AvgIpc) is 3.33. The van der Waals surface area contributed by atoms with E-state index in [4.69, 9.17) is 16.3 Å². The van der Waals surface area contributed by atoms with Gasteiger partial charge in [-0.2, -0.15) is 0 Å². The fourth-order valence-corrected chi connectivity index (χ4v) is 5.92. The third kappa shape index (κ3) is 4.78. The molecule has 1 fully saturated rings. The Hall–Kier alpha value is -2.14. The minimum atomic E-state index is 0.107. The van der Waals surface area contributed by atoms with Crippen molar-refractivity contribution in [3.8, 4) is 11.5 Å². The van der Waals surface area contributed by atoms with Crippen LogP contribution in [0, 0.1) is 0 Å². The van der Waals surface area contributed by atoms with E-state index in [0.717, 1.165) is 28.6 Å². The van der Waals surface area contributed by atoms with Gasteiger partial charge in [0.15, 0.2) is 0 Å². The van der Waals surface area contributed by atoms with E-state index in [1.54, 1.807) is 6.07 Å². The Morgan fingerprint density at radius 2 is 1.66 bits per heavy atom. The van der Waals surface area contributed by atoms with Gasteiger partial charge in [0.25, 0.3) is 0 Å². The van der Waals surface area contributed by atoms with Crippen LogP contribution in [0.1, 0.15) is 41.4 Å². The topological polar surface area (TPSA) is 32.7 Å². The van der Waals surface area contributed by atoms with Crippen LogP contribution in [0.3, 0.4) is 0 Å². The van der Waals surface area contributed by atoms with Crippen molar-refractivity contribution in [3.63, 3.8) is 0 Å². The number of benzene rings is 3. The molecule has 3 nitrogen and oxygen atoms in total. The predicted octanol–water partition coefficient (Wildman–Crippen LogP) is 6.54. The minimum Gasteiger partial charge on any atom is -0.508 e. The first kappa shape index (κ1) is 21.7. The van der Waals surface area contributed by atoms with Gasteiger partial charge in [-0.1, -0.05) is 35.9 Å². The second kappa shape index (κ2) is 9.78. The molecule has 5 heteroatoms. The molecule has 0 bridgehead atoms. The fourth-order valence-electron chi connectivity index (χ4n) is 4.88. The first-order valence-electron chi connectivity index (χ1n) is 11.3. The molecule has 32 heavy (non-hydrogen) atoms. The number of fused-ring (bicyclic) bond motifs is 1. The van der Waals surface area contributed by atoms with Crippen molar-refractivity contribution >= 4 is 23.4 Å². The molecule has 3 aromatic carbocycles. The summed E-state index contributed by atoms with van der Waals surface area (Å²) in [5.41, 5.74) is 3.46. The van der Waals surface area contributed by atoms with Crippen molar-refractivity contribution in [2.45, 2.75) is 29.6 Å². The number of ether oxygens (including phenoxy) is 1. The molecule has 2 heterocycles. The maximum atomic E-state index is 10.2. The number of likely N-dealkylation sites (tertiary alicyclic amines) is 1. The lowest BCUT2D eigenvalue weighted by molar-refractivity contribution is 0.248. The molecule has 166 valence electrons. The molecule has 5 rings (SSSR count). The number of halogens is 1. The number of phenolic OH excluding ortho intramolecular Hbond substituents is 1. The van der Waals surface area contributed by atoms with Crippen LogP contribution in [0.4, 0.5) is 0 Å². The SMILES string of the molecule is Oc1ccc2c(c1)[C@H](c1ccc(SCCN3CCCC3)cc1)[C@H](c1ccc(Cl)cc1)CO2. The number of aromatic hydroxyl groups is 1. The summed E-state index contributed by atoms with van der Waals surface area (Å²) in [6, 6.07) is 22.4. The first-order valence-corrected chi connectivity index (χ1v) is 12.7. The predicted molar refractivity (Wildman–Crippen MR) is 132 cm³/mol. The highest BCUT2D eigenvalue weighted by Gasteiger charge is 2.33. The zero-order valence-electron chi connectivity index (χ0n) is 18.0. The smallest absolute Gasteiger partial charge is 0.123 e. The number of rotatable bonds is 6. The molecule has 0 unspecified atom stereocenters. The Morgan fingerprint density at radius 1 is 0.938 bits per heavy atom. The van der Waals surface area contributed by atoms with Crippen LogP contribution >= 0.6 is 23.4 Å². The van der Waals surface area contributed by atoms with E-state index >= 15 is 0 Å². The average molecular weight is 466 g/mol. The van der Waals surface area contributed by atoms with Crippen molar-refractivity contribution < 1.29 is 9.84 Å². The monoisotopic (exact) mass is 465 g/mol. The van der Waals surface area contributed by atoms with E-state index in [1.807, 2.05) is 36.0 Å². The molecule has 0 radical (unpaired) electrons. The summed E-state index contributed by atoms with van der Waals surface area (Å²) in [6.45, 7) is 4.26. The maximum absolute atomic E-state index is 10.2. The lowest BCUT2D eigenvalue weighted by Crippen LogP contribution is -2.25. The Labute approximate surface area is 199 Å². The van der Waals surface area contributed by atoms with E-state index < -0.39 is 0 Å². The van der Waals surface area contributed by atoms with Crippen LogP contribution in [0.25, 0.3) is 0 Å². The third-order valence-electron chi connectivity index (χ3n) is 6.56. The Bertz CT molecular complexity index is 1050. The van der Waals surface area contributed by atoms with Crippen LogP contribution < -0.4 is 4.74 Å². The molecule has 2 aliphatic rings. The van der Waals surface area contributed by atoms with E-state index in [0.29, 0.717) is 6.61 Å². The normalized spacial score (nSPS) is 20.7. The van der Waals surface area contributed by atoms with Gasteiger partial charge < -0.3 is 14.7 Å². The second-order valence-corrected chi connectivity index (χ2v) is 10.2. The number of hydrogen-bond donors (Lipinski definition) is 1. The third-order valence-corrected chi connectivity index (χ3v) is 7.81. The van der Waals surface area contributed by atoms with E-state index in [-0.39, 0.29) is 17.6 Å². The van der Waals surface area contributed by atoms with Crippen molar-refractivity contribution in [1.29, 1.82) is 0 Å². The van der Waals surface area contributed by atoms with Gasteiger partial charge >= 0.3 is 0 Å². The Morgan fingerprint density at radius 3 is 2.41 bits per heavy atom. The van der Waals surface area contributed by atoms with E-state index in [9.17, 15) is 5.11 Å². The molecule has 0 spiro atoms. The highest BCUT2D eigenvalue weighted by atomic mass is 35.5. The van der Waals surface area contributed by atoms with Crippen LogP contribution in [-0.2, 0) is 0 Å².